The number of hydrogen-bond donors (Lipinski definition) is 0. The van der Waals surface area contributed by atoms with Gasteiger partial charge in [0.15, 0.2) is 11.5 Å². The molecule has 0 spiro atoms. The highest BCUT2D eigenvalue weighted by Crippen LogP contribution is 2.33. The molecule has 128 valence electrons. The van der Waals surface area contributed by atoms with Gasteiger partial charge in [-0.25, -0.2) is 0 Å². The van der Waals surface area contributed by atoms with Crippen LogP contribution in [0.25, 0.3) is 22.3 Å². The van der Waals surface area contributed by atoms with Gasteiger partial charge in [-0.2, -0.15) is 0 Å². The van der Waals surface area contributed by atoms with E-state index in [9.17, 15) is 4.79 Å². The maximum atomic E-state index is 13.2. The van der Waals surface area contributed by atoms with E-state index in [1.807, 2.05) is 74.5 Å². The number of rotatable bonds is 4. The second-order valence-electron chi connectivity index (χ2n) is 6.29. The summed E-state index contributed by atoms with van der Waals surface area (Å²) in [6.45, 7) is 4.03. The van der Waals surface area contributed by atoms with Crippen LogP contribution in [0.3, 0.4) is 0 Å². The van der Waals surface area contributed by atoms with E-state index in [4.69, 9.17) is 8.83 Å². The molecule has 2 aromatic carbocycles. The van der Waals surface area contributed by atoms with Crippen LogP contribution >= 0.6 is 0 Å². The van der Waals surface area contributed by atoms with Crippen molar-refractivity contribution in [2.45, 2.75) is 13.8 Å². The highest BCUT2D eigenvalue weighted by atomic mass is 16.4. The van der Waals surface area contributed by atoms with Gasteiger partial charge in [0, 0.05) is 11.1 Å². The van der Waals surface area contributed by atoms with E-state index in [1.165, 1.54) is 0 Å². The predicted octanol–water partition coefficient (Wildman–Crippen LogP) is 6.05. The van der Waals surface area contributed by atoms with Crippen molar-refractivity contribution >= 4 is 5.78 Å². The number of benzene rings is 2. The lowest BCUT2D eigenvalue weighted by molar-refractivity contribution is 0.0985. The Hall–Kier alpha value is -3.33. The average Bonchev–Trinajstić information content (AvgIpc) is 3.31. The summed E-state index contributed by atoms with van der Waals surface area (Å²) in [7, 11) is 0. The van der Waals surface area contributed by atoms with Crippen LogP contribution in [0, 0.1) is 13.8 Å². The molecule has 0 atom stereocenters. The molecule has 4 aromatic rings. The van der Waals surface area contributed by atoms with Gasteiger partial charge in [-0.05, 0) is 48.2 Å². The van der Waals surface area contributed by atoms with Crippen molar-refractivity contribution in [3.63, 3.8) is 0 Å². The summed E-state index contributed by atoms with van der Waals surface area (Å²) < 4.78 is 11.1. The van der Waals surface area contributed by atoms with Crippen LogP contribution in [0.1, 0.15) is 27.4 Å². The third-order valence-corrected chi connectivity index (χ3v) is 4.61. The Kier molecular flexibility index (Phi) is 4.05. The van der Waals surface area contributed by atoms with Crippen LogP contribution < -0.4 is 0 Å². The molecule has 0 aliphatic carbocycles. The molecule has 0 fully saturated rings. The molecule has 0 N–H and O–H groups in total. The van der Waals surface area contributed by atoms with Crippen LogP contribution in [-0.4, -0.2) is 5.78 Å². The second-order valence-corrected chi connectivity index (χ2v) is 6.29. The molecule has 0 aliphatic heterocycles. The summed E-state index contributed by atoms with van der Waals surface area (Å²) in [5.41, 5.74) is 5.69. The molecular formula is C23H18O3. The molecule has 4 rings (SSSR count). The van der Waals surface area contributed by atoms with Crippen molar-refractivity contribution in [1.82, 2.24) is 0 Å². The Morgan fingerprint density at radius 1 is 0.615 bits per heavy atom. The van der Waals surface area contributed by atoms with Crippen LogP contribution in [0.5, 0.6) is 0 Å². The normalized spacial score (nSPS) is 10.8. The minimum absolute atomic E-state index is 0.253. The number of ketones is 1. The van der Waals surface area contributed by atoms with Crippen LogP contribution in [-0.2, 0) is 0 Å². The minimum Gasteiger partial charge on any atom is -0.460 e. The van der Waals surface area contributed by atoms with Gasteiger partial charge in [0.2, 0.25) is 0 Å². The molecule has 2 aromatic heterocycles. The number of furan rings is 2. The van der Waals surface area contributed by atoms with Gasteiger partial charge >= 0.3 is 0 Å². The van der Waals surface area contributed by atoms with E-state index in [0.29, 0.717) is 11.5 Å². The number of carbonyl (C=O) groups excluding carboxylic acids is 1. The molecule has 0 saturated carbocycles. The molecule has 3 heteroatoms. The quantitative estimate of drug-likeness (QED) is 0.424. The first kappa shape index (κ1) is 16.2. The summed E-state index contributed by atoms with van der Waals surface area (Å²) >= 11 is 0. The average molecular weight is 342 g/mol. The van der Waals surface area contributed by atoms with E-state index >= 15 is 0 Å². The molecule has 0 bridgehead atoms. The first-order chi connectivity index (χ1) is 12.7. The fourth-order valence-corrected chi connectivity index (χ4v) is 3.25. The molecule has 26 heavy (non-hydrogen) atoms. The summed E-state index contributed by atoms with van der Waals surface area (Å²) in [6.07, 6.45) is 3.09. The first-order valence-electron chi connectivity index (χ1n) is 8.48. The van der Waals surface area contributed by atoms with Gasteiger partial charge in [0.1, 0.15) is 0 Å². The summed E-state index contributed by atoms with van der Waals surface area (Å²) in [4.78, 5) is 13.2. The Bertz CT molecular complexity index is 996. The zero-order valence-corrected chi connectivity index (χ0v) is 14.7. The monoisotopic (exact) mass is 342 g/mol. The lowest BCUT2D eigenvalue weighted by Crippen LogP contribution is -2.02. The van der Waals surface area contributed by atoms with Crippen molar-refractivity contribution in [3.05, 3.63) is 95.8 Å². The Morgan fingerprint density at radius 2 is 1.04 bits per heavy atom. The fraction of sp³-hybridized carbons (Fsp3) is 0.0870. The van der Waals surface area contributed by atoms with Gasteiger partial charge in [-0.15, -0.1) is 0 Å². The molecule has 0 amide bonds. The molecule has 0 saturated heterocycles. The Morgan fingerprint density at radius 3 is 1.46 bits per heavy atom. The zero-order chi connectivity index (χ0) is 18.1. The van der Waals surface area contributed by atoms with Crippen LogP contribution in [0.4, 0.5) is 0 Å². The van der Waals surface area contributed by atoms with Gasteiger partial charge in [-0.1, -0.05) is 48.5 Å². The third-order valence-electron chi connectivity index (χ3n) is 4.61. The van der Waals surface area contributed by atoms with Gasteiger partial charge < -0.3 is 8.83 Å². The second kappa shape index (κ2) is 6.52. The molecular weight excluding hydrogens is 324 g/mol. The van der Waals surface area contributed by atoms with Crippen molar-refractivity contribution in [1.29, 1.82) is 0 Å². The molecule has 0 aliphatic rings. The number of hydrogen-bond acceptors (Lipinski definition) is 3. The predicted molar refractivity (Wildman–Crippen MR) is 101 cm³/mol. The van der Waals surface area contributed by atoms with E-state index < -0.39 is 0 Å². The summed E-state index contributed by atoms with van der Waals surface area (Å²) in [6, 6.07) is 19.5. The smallest absolute Gasteiger partial charge is 0.264 e. The standard InChI is InChI=1S/C23H18O3/c1-15-7-3-5-9-17(15)19-11-13-25-22(19)21(24)23-20(12-14-26-23)18-10-6-4-8-16(18)2/h3-14H,1-2H3. The van der Waals surface area contributed by atoms with Crippen molar-refractivity contribution in [3.8, 4) is 22.3 Å². The number of aryl methyl sites for hydroxylation is 2. The van der Waals surface area contributed by atoms with Gasteiger partial charge in [-0.3, -0.25) is 4.79 Å². The Balaban J connectivity index is 1.81. The lowest BCUT2D eigenvalue weighted by atomic mass is 9.96. The molecule has 0 radical (unpaired) electrons. The largest absolute Gasteiger partial charge is 0.460 e. The van der Waals surface area contributed by atoms with E-state index in [1.54, 1.807) is 12.5 Å². The highest BCUT2D eigenvalue weighted by molar-refractivity contribution is 6.12. The van der Waals surface area contributed by atoms with E-state index in [-0.39, 0.29) is 5.78 Å². The minimum atomic E-state index is -0.253. The summed E-state index contributed by atoms with van der Waals surface area (Å²) in [5.74, 6) is 0.338. The van der Waals surface area contributed by atoms with Gasteiger partial charge in [0.25, 0.3) is 5.78 Å². The fourth-order valence-electron chi connectivity index (χ4n) is 3.25. The SMILES string of the molecule is Cc1ccccc1-c1ccoc1C(=O)c1occc1-c1ccccc1C. The van der Waals surface area contributed by atoms with Crippen molar-refractivity contribution in [2.75, 3.05) is 0 Å². The van der Waals surface area contributed by atoms with Crippen molar-refractivity contribution in [2.24, 2.45) is 0 Å². The summed E-state index contributed by atoms with van der Waals surface area (Å²) in [5, 5.41) is 0. The van der Waals surface area contributed by atoms with Crippen LogP contribution in [0.15, 0.2) is 82.0 Å². The highest BCUT2D eigenvalue weighted by Gasteiger charge is 2.25. The van der Waals surface area contributed by atoms with Crippen LogP contribution in [0.2, 0.25) is 0 Å². The van der Waals surface area contributed by atoms with E-state index in [2.05, 4.69) is 0 Å². The van der Waals surface area contributed by atoms with Gasteiger partial charge in [0.05, 0.1) is 12.5 Å². The topological polar surface area (TPSA) is 43.4 Å². The first-order valence-corrected chi connectivity index (χ1v) is 8.48. The molecule has 0 unspecified atom stereocenters. The lowest BCUT2D eigenvalue weighted by Gasteiger charge is -2.07. The van der Waals surface area contributed by atoms with Crippen molar-refractivity contribution < 1.29 is 13.6 Å². The molecule has 2 heterocycles. The maximum Gasteiger partial charge on any atom is 0.264 e. The zero-order valence-electron chi connectivity index (χ0n) is 14.7. The maximum absolute atomic E-state index is 13.2. The Labute approximate surface area is 151 Å². The number of carbonyl (C=O) groups is 1. The van der Waals surface area contributed by atoms with E-state index in [0.717, 1.165) is 33.4 Å². The third kappa shape index (κ3) is 2.68. The molecule has 3 nitrogen and oxygen atoms in total.